The van der Waals surface area contributed by atoms with Crippen molar-refractivity contribution in [1.82, 2.24) is 15.1 Å². The van der Waals surface area contributed by atoms with Crippen LogP contribution in [-0.2, 0) is 14.4 Å². The Kier molecular flexibility index (Phi) is 5.69. The van der Waals surface area contributed by atoms with E-state index in [0.717, 1.165) is 12.8 Å². The number of aliphatic hydroxyl groups excluding tert-OH is 1. The summed E-state index contributed by atoms with van der Waals surface area (Å²) < 4.78 is 0. The summed E-state index contributed by atoms with van der Waals surface area (Å²) in [5.41, 5.74) is 4.79. The van der Waals surface area contributed by atoms with Gasteiger partial charge in [0.2, 0.25) is 17.7 Å². The normalized spacial score (nSPS) is 30.9. The van der Waals surface area contributed by atoms with E-state index < -0.39 is 35.6 Å². The quantitative estimate of drug-likeness (QED) is 0.436. The van der Waals surface area contributed by atoms with Gasteiger partial charge in [-0.25, -0.2) is 4.84 Å². The zero-order valence-corrected chi connectivity index (χ0v) is 18.5. The third kappa shape index (κ3) is 3.99. The number of nitrogens with one attached hydrogen (secondary N) is 2. The van der Waals surface area contributed by atoms with Crippen molar-refractivity contribution in [2.75, 3.05) is 6.54 Å². The number of amides is 3. The van der Waals surface area contributed by atoms with Crippen LogP contribution in [0.3, 0.4) is 0 Å². The van der Waals surface area contributed by atoms with Crippen molar-refractivity contribution in [3.63, 3.8) is 0 Å². The molecule has 9 heteroatoms. The summed E-state index contributed by atoms with van der Waals surface area (Å²) in [4.78, 5) is 42.2. The largest absolute Gasteiger partial charge is 0.381 e. The van der Waals surface area contributed by atoms with Crippen molar-refractivity contribution in [2.24, 2.45) is 34.3 Å². The first kappa shape index (κ1) is 22.3. The molecule has 2 unspecified atom stereocenters. The average molecular weight is 429 g/mol. The highest BCUT2D eigenvalue weighted by atomic mass is 35.5. The number of carbonyl (C=O) groups excluding carboxylic acids is 3. The first-order valence-corrected chi connectivity index (χ1v) is 10.6. The average Bonchev–Trinajstić information content (AvgIpc) is 3.46. The minimum absolute atomic E-state index is 0.0295. The van der Waals surface area contributed by atoms with Gasteiger partial charge in [-0.15, -0.1) is 0 Å². The number of nitrogens with zero attached hydrogens (tertiary/aromatic N) is 1. The minimum Gasteiger partial charge on any atom is -0.381 e. The Hall–Kier alpha value is -1.38. The summed E-state index contributed by atoms with van der Waals surface area (Å²) in [6.45, 7) is 10.4. The summed E-state index contributed by atoms with van der Waals surface area (Å²) in [7, 11) is 0. The molecule has 164 valence electrons. The molecule has 0 radical (unpaired) electrons. The number of fused-ring (bicyclic) bond motifs is 1. The maximum absolute atomic E-state index is 13.3. The highest BCUT2D eigenvalue weighted by molar-refractivity contribution is 6.15. The highest BCUT2D eigenvalue weighted by Gasteiger charge is 2.69. The van der Waals surface area contributed by atoms with Gasteiger partial charge in [0.1, 0.15) is 12.1 Å². The number of hydrogen-bond acceptors (Lipinski definition) is 5. The summed E-state index contributed by atoms with van der Waals surface area (Å²) in [6.07, 6.45) is 0.206. The van der Waals surface area contributed by atoms with Crippen LogP contribution in [0.25, 0.3) is 0 Å². The van der Waals surface area contributed by atoms with Gasteiger partial charge >= 0.3 is 0 Å². The molecular formula is C20H33ClN4O4. The van der Waals surface area contributed by atoms with E-state index in [9.17, 15) is 19.5 Å². The lowest BCUT2D eigenvalue weighted by Crippen LogP contribution is -2.59. The zero-order chi connectivity index (χ0) is 21.9. The van der Waals surface area contributed by atoms with Crippen molar-refractivity contribution >= 4 is 29.5 Å². The molecule has 5 N–H and O–H groups in total. The van der Waals surface area contributed by atoms with Crippen LogP contribution >= 0.6 is 11.8 Å². The van der Waals surface area contributed by atoms with Gasteiger partial charge < -0.3 is 21.1 Å². The zero-order valence-electron chi connectivity index (χ0n) is 17.7. The highest BCUT2D eigenvalue weighted by Crippen LogP contribution is 2.65. The molecule has 29 heavy (non-hydrogen) atoms. The Morgan fingerprint density at radius 1 is 1.24 bits per heavy atom. The van der Waals surface area contributed by atoms with E-state index in [1.165, 1.54) is 0 Å². The van der Waals surface area contributed by atoms with Crippen LogP contribution in [0.2, 0.25) is 0 Å². The standard InChI is InChI=1S/C20H33ClN4O4/c1-19(2,3)15(24-21)18(29)25-8-10-11(20(10,4)5)13(25)17(28)23-12(9-6-7-9)14(26)16(22)27/h9-15,24,26H,6-8H2,1-5H3,(H2,22,27)(H,23,28)/t10-,11-,12?,13-,14?,15+/m0/s1. The molecule has 2 saturated carbocycles. The third-order valence-corrected chi connectivity index (χ3v) is 7.27. The van der Waals surface area contributed by atoms with Crippen LogP contribution in [0.1, 0.15) is 47.5 Å². The molecule has 1 saturated heterocycles. The molecule has 0 aromatic rings. The van der Waals surface area contributed by atoms with Crippen molar-refractivity contribution in [3.05, 3.63) is 0 Å². The van der Waals surface area contributed by atoms with Crippen molar-refractivity contribution < 1.29 is 19.5 Å². The fourth-order valence-electron chi connectivity index (χ4n) is 4.90. The van der Waals surface area contributed by atoms with E-state index in [4.69, 9.17) is 17.5 Å². The first-order valence-electron chi connectivity index (χ1n) is 10.3. The van der Waals surface area contributed by atoms with Crippen molar-refractivity contribution in [3.8, 4) is 0 Å². The van der Waals surface area contributed by atoms with Gasteiger partial charge in [0, 0.05) is 6.54 Å². The molecule has 3 aliphatic rings. The molecule has 8 nitrogen and oxygen atoms in total. The fourth-order valence-corrected chi connectivity index (χ4v) is 5.32. The predicted octanol–water partition coefficient (Wildman–Crippen LogP) is 0.369. The molecule has 0 aromatic heterocycles. The van der Waals surface area contributed by atoms with Crippen molar-refractivity contribution in [2.45, 2.75) is 71.7 Å². The van der Waals surface area contributed by atoms with Gasteiger partial charge in [0.05, 0.1) is 6.04 Å². The lowest BCUT2D eigenvalue weighted by atomic mass is 9.86. The van der Waals surface area contributed by atoms with Gasteiger partial charge in [0.15, 0.2) is 6.10 Å². The Morgan fingerprint density at radius 3 is 2.28 bits per heavy atom. The smallest absolute Gasteiger partial charge is 0.248 e. The number of primary amides is 1. The molecule has 3 rings (SSSR count). The fraction of sp³-hybridized carbons (Fsp3) is 0.850. The van der Waals surface area contributed by atoms with Gasteiger partial charge in [-0.2, -0.15) is 0 Å². The summed E-state index contributed by atoms with van der Waals surface area (Å²) in [5, 5.41) is 13.0. The van der Waals surface area contributed by atoms with Crippen LogP contribution in [0, 0.1) is 28.6 Å². The molecule has 6 atom stereocenters. The summed E-state index contributed by atoms with van der Waals surface area (Å²) >= 11 is 5.88. The van der Waals surface area contributed by atoms with Gasteiger partial charge in [0.25, 0.3) is 0 Å². The number of hydrogen-bond donors (Lipinski definition) is 4. The van der Waals surface area contributed by atoms with Gasteiger partial charge in [-0.05, 0) is 53.2 Å². The number of likely N-dealkylation sites (tertiary alicyclic amines) is 1. The number of nitrogens with two attached hydrogens (primary N) is 1. The van der Waals surface area contributed by atoms with E-state index in [-0.39, 0.29) is 35.0 Å². The lowest BCUT2D eigenvalue weighted by molar-refractivity contribution is -0.144. The molecular weight excluding hydrogens is 396 g/mol. The second-order valence-electron chi connectivity index (χ2n) is 10.5. The summed E-state index contributed by atoms with van der Waals surface area (Å²) in [5.74, 6) is -1.11. The third-order valence-electron chi connectivity index (χ3n) is 7.05. The molecule has 0 aromatic carbocycles. The first-order chi connectivity index (χ1) is 13.3. The summed E-state index contributed by atoms with van der Waals surface area (Å²) in [6, 6.07) is -2.02. The molecule has 0 bridgehead atoms. The molecule has 3 fully saturated rings. The number of rotatable bonds is 7. The van der Waals surface area contributed by atoms with Crippen LogP contribution in [0.15, 0.2) is 0 Å². The monoisotopic (exact) mass is 428 g/mol. The van der Waals surface area contributed by atoms with E-state index in [1.54, 1.807) is 4.90 Å². The Morgan fingerprint density at radius 2 is 1.83 bits per heavy atom. The van der Waals surface area contributed by atoms with E-state index >= 15 is 0 Å². The van der Waals surface area contributed by atoms with Crippen LogP contribution in [0.4, 0.5) is 0 Å². The lowest BCUT2D eigenvalue weighted by Gasteiger charge is -2.37. The van der Waals surface area contributed by atoms with Gasteiger partial charge in [-0.3, -0.25) is 14.4 Å². The second kappa shape index (κ2) is 7.39. The van der Waals surface area contributed by atoms with E-state index in [2.05, 4.69) is 24.0 Å². The topological polar surface area (TPSA) is 125 Å². The molecule has 0 spiro atoms. The second-order valence-corrected chi connectivity index (χ2v) is 10.7. The molecule has 1 aliphatic heterocycles. The Labute approximate surface area is 177 Å². The van der Waals surface area contributed by atoms with Crippen LogP contribution in [0.5, 0.6) is 0 Å². The van der Waals surface area contributed by atoms with Gasteiger partial charge in [-0.1, -0.05) is 34.6 Å². The molecule has 2 aliphatic carbocycles. The number of halogens is 1. The predicted molar refractivity (Wildman–Crippen MR) is 108 cm³/mol. The SMILES string of the molecule is CC(C)(C)[C@H](NCl)C(=O)N1C[C@H]2[C@@H]([C@H]1C(=O)NC(C1CC1)C(O)C(N)=O)C2(C)C. The van der Waals surface area contributed by atoms with E-state index in [0.29, 0.717) is 6.54 Å². The number of carbonyl (C=O) groups is 3. The van der Waals surface area contributed by atoms with E-state index in [1.807, 2.05) is 20.8 Å². The maximum Gasteiger partial charge on any atom is 0.248 e. The molecule has 1 heterocycles. The number of aliphatic hydroxyl groups is 1. The minimum atomic E-state index is -1.44. The Balaban J connectivity index is 1.82. The maximum atomic E-state index is 13.3. The van der Waals surface area contributed by atoms with Crippen LogP contribution < -0.4 is 15.9 Å². The Bertz CT molecular complexity index is 703. The molecule has 3 amide bonds. The van der Waals surface area contributed by atoms with Crippen LogP contribution in [-0.4, -0.2) is 58.5 Å². The van der Waals surface area contributed by atoms with Crippen molar-refractivity contribution in [1.29, 1.82) is 0 Å². The number of piperidine rings is 1.